The summed E-state index contributed by atoms with van der Waals surface area (Å²) in [7, 11) is 0. The first-order chi connectivity index (χ1) is 8.11. The van der Waals surface area contributed by atoms with Crippen molar-refractivity contribution in [1.82, 2.24) is 0 Å². The van der Waals surface area contributed by atoms with E-state index in [9.17, 15) is 9.50 Å². The lowest BCUT2D eigenvalue weighted by Crippen LogP contribution is -2.23. The molecule has 0 aromatic heterocycles. The summed E-state index contributed by atoms with van der Waals surface area (Å²) in [4.78, 5) is 0. The number of hydrogen-bond acceptors (Lipinski definition) is 3. The Morgan fingerprint density at radius 1 is 1.22 bits per heavy atom. The fraction of sp³-hybridized carbons (Fsp3) is 0.538. The molecule has 0 bridgehead atoms. The normalized spacial score (nSPS) is 18.1. The molecule has 0 unspecified atom stereocenters. The SMILES string of the molecule is Cl.Nc1c(F)ccc([C@@H](N)C2CCCCC2)c1O. The summed E-state index contributed by atoms with van der Waals surface area (Å²) in [5.41, 5.74) is 12.0. The van der Waals surface area contributed by atoms with E-state index in [4.69, 9.17) is 11.5 Å². The van der Waals surface area contributed by atoms with Crippen LogP contribution in [0.25, 0.3) is 0 Å². The number of anilines is 1. The number of halogens is 2. The zero-order valence-corrected chi connectivity index (χ0v) is 11.0. The van der Waals surface area contributed by atoms with Gasteiger partial charge in [0.25, 0.3) is 0 Å². The summed E-state index contributed by atoms with van der Waals surface area (Å²) in [5, 5.41) is 9.83. The van der Waals surface area contributed by atoms with Gasteiger partial charge in [-0.3, -0.25) is 0 Å². The quantitative estimate of drug-likeness (QED) is 0.573. The van der Waals surface area contributed by atoms with E-state index in [1.54, 1.807) is 6.07 Å². The first kappa shape index (κ1) is 15.1. The monoisotopic (exact) mass is 274 g/mol. The molecule has 0 saturated heterocycles. The molecule has 0 amide bonds. The molecule has 1 aromatic rings. The van der Waals surface area contributed by atoms with Crippen molar-refractivity contribution >= 4 is 18.1 Å². The molecule has 1 fully saturated rings. The molecule has 0 aliphatic heterocycles. The van der Waals surface area contributed by atoms with Gasteiger partial charge in [0.05, 0.1) is 0 Å². The van der Waals surface area contributed by atoms with Crippen LogP contribution in [0.3, 0.4) is 0 Å². The molecule has 1 aliphatic carbocycles. The Morgan fingerprint density at radius 3 is 2.44 bits per heavy atom. The summed E-state index contributed by atoms with van der Waals surface area (Å²) in [6, 6.07) is 2.56. The lowest BCUT2D eigenvalue weighted by atomic mass is 9.81. The molecule has 1 saturated carbocycles. The van der Waals surface area contributed by atoms with Gasteiger partial charge in [-0.15, -0.1) is 12.4 Å². The van der Waals surface area contributed by atoms with Crippen LogP contribution in [0.5, 0.6) is 5.75 Å². The van der Waals surface area contributed by atoms with Crippen LogP contribution < -0.4 is 11.5 Å². The maximum Gasteiger partial charge on any atom is 0.149 e. The summed E-state index contributed by atoms with van der Waals surface area (Å²) in [6.07, 6.45) is 5.74. The van der Waals surface area contributed by atoms with E-state index in [0.29, 0.717) is 11.5 Å². The molecule has 0 radical (unpaired) electrons. The zero-order chi connectivity index (χ0) is 12.4. The second-order valence-corrected chi connectivity index (χ2v) is 4.82. The molecule has 102 valence electrons. The Kier molecular flexibility index (Phi) is 5.23. The van der Waals surface area contributed by atoms with Crippen molar-refractivity contribution in [3.63, 3.8) is 0 Å². The number of hydrogen-bond donors (Lipinski definition) is 3. The van der Waals surface area contributed by atoms with Gasteiger partial charge in [0, 0.05) is 11.6 Å². The molecule has 1 aromatic carbocycles. The van der Waals surface area contributed by atoms with Crippen molar-refractivity contribution in [3.8, 4) is 5.75 Å². The Labute approximate surface area is 113 Å². The zero-order valence-electron chi connectivity index (χ0n) is 10.2. The standard InChI is InChI=1S/C13H19FN2O.ClH/c14-10-7-6-9(13(17)12(10)16)11(15)8-4-2-1-3-5-8;/h6-8,11,17H,1-5,15-16H2;1H/t11-;/m0./s1. The minimum atomic E-state index is -0.595. The number of rotatable bonds is 2. The number of nitrogen functional groups attached to an aromatic ring is 1. The van der Waals surface area contributed by atoms with E-state index in [1.807, 2.05) is 0 Å². The molecule has 1 aliphatic rings. The van der Waals surface area contributed by atoms with Gasteiger partial charge >= 0.3 is 0 Å². The van der Waals surface area contributed by atoms with Crippen LogP contribution in [0.4, 0.5) is 10.1 Å². The third kappa shape index (κ3) is 2.87. The first-order valence-corrected chi connectivity index (χ1v) is 6.13. The predicted octanol–water partition coefficient (Wildman–Crippen LogP) is 3.12. The van der Waals surface area contributed by atoms with E-state index in [-0.39, 0.29) is 29.9 Å². The van der Waals surface area contributed by atoms with Gasteiger partial charge in [0.15, 0.2) is 0 Å². The summed E-state index contributed by atoms with van der Waals surface area (Å²) in [5.74, 6) is -0.426. The van der Waals surface area contributed by atoms with Gasteiger partial charge in [0.2, 0.25) is 0 Å². The largest absolute Gasteiger partial charge is 0.505 e. The number of phenolic OH excluding ortho intramolecular Hbond substituents is 1. The number of phenols is 1. The van der Waals surface area contributed by atoms with Crippen molar-refractivity contribution < 1.29 is 9.50 Å². The molecule has 0 heterocycles. The molecule has 0 spiro atoms. The van der Waals surface area contributed by atoms with E-state index in [2.05, 4.69) is 0 Å². The predicted molar refractivity (Wildman–Crippen MR) is 73.2 cm³/mol. The van der Waals surface area contributed by atoms with Gasteiger partial charge in [0.1, 0.15) is 17.3 Å². The van der Waals surface area contributed by atoms with Crippen LogP contribution in [0, 0.1) is 11.7 Å². The average molecular weight is 275 g/mol. The minimum Gasteiger partial charge on any atom is -0.505 e. The third-order valence-electron chi connectivity index (χ3n) is 3.71. The molecule has 2 rings (SSSR count). The van der Waals surface area contributed by atoms with Gasteiger partial charge in [-0.2, -0.15) is 0 Å². The fourth-order valence-corrected chi connectivity index (χ4v) is 2.62. The Balaban J connectivity index is 0.00000162. The second kappa shape index (κ2) is 6.25. The molecular weight excluding hydrogens is 255 g/mol. The van der Waals surface area contributed by atoms with Crippen molar-refractivity contribution in [2.75, 3.05) is 5.73 Å². The fourth-order valence-electron chi connectivity index (χ4n) is 2.62. The number of benzene rings is 1. The lowest BCUT2D eigenvalue weighted by molar-refractivity contribution is 0.303. The van der Waals surface area contributed by atoms with E-state index in [1.165, 1.54) is 25.3 Å². The van der Waals surface area contributed by atoms with Crippen LogP contribution in [0.15, 0.2) is 12.1 Å². The van der Waals surface area contributed by atoms with Crippen molar-refractivity contribution in [1.29, 1.82) is 0 Å². The second-order valence-electron chi connectivity index (χ2n) is 4.82. The highest BCUT2D eigenvalue weighted by Crippen LogP contribution is 2.38. The van der Waals surface area contributed by atoms with Crippen LogP contribution in [0.2, 0.25) is 0 Å². The highest BCUT2D eigenvalue weighted by atomic mass is 35.5. The summed E-state index contributed by atoms with van der Waals surface area (Å²) in [6.45, 7) is 0. The topological polar surface area (TPSA) is 72.3 Å². The van der Waals surface area contributed by atoms with Crippen LogP contribution in [-0.2, 0) is 0 Å². The highest BCUT2D eigenvalue weighted by Gasteiger charge is 2.25. The lowest BCUT2D eigenvalue weighted by Gasteiger charge is -2.28. The van der Waals surface area contributed by atoms with E-state index in [0.717, 1.165) is 12.8 Å². The van der Waals surface area contributed by atoms with Gasteiger partial charge < -0.3 is 16.6 Å². The van der Waals surface area contributed by atoms with Gasteiger partial charge in [-0.05, 0) is 24.8 Å². The molecular formula is C13H20ClFN2O. The minimum absolute atomic E-state index is 0. The maximum atomic E-state index is 13.1. The molecule has 5 N–H and O–H groups in total. The van der Waals surface area contributed by atoms with E-state index < -0.39 is 5.82 Å². The maximum absolute atomic E-state index is 13.1. The highest BCUT2D eigenvalue weighted by molar-refractivity contribution is 5.85. The van der Waals surface area contributed by atoms with Gasteiger partial charge in [-0.1, -0.05) is 25.3 Å². The Morgan fingerprint density at radius 2 is 1.83 bits per heavy atom. The van der Waals surface area contributed by atoms with Gasteiger partial charge in [-0.25, -0.2) is 4.39 Å². The van der Waals surface area contributed by atoms with Crippen molar-refractivity contribution in [2.45, 2.75) is 38.1 Å². The van der Waals surface area contributed by atoms with Crippen molar-refractivity contribution in [2.24, 2.45) is 11.7 Å². The first-order valence-electron chi connectivity index (χ1n) is 6.13. The Hall–Kier alpha value is -1.00. The smallest absolute Gasteiger partial charge is 0.149 e. The summed E-state index contributed by atoms with van der Waals surface area (Å²) < 4.78 is 13.1. The molecule has 3 nitrogen and oxygen atoms in total. The molecule has 5 heteroatoms. The molecule has 1 atom stereocenters. The third-order valence-corrected chi connectivity index (χ3v) is 3.71. The summed E-state index contributed by atoms with van der Waals surface area (Å²) >= 11 is 0. The van der Waals surface area contributed by atoms with Crippen LogP contribution >= 0.6 is 12.4 Å². The van der Waals surface area contributed by atoms with Crippen molar-refractivity contribution in [3.05, 3.63) is 23.5 Å². The molecule has 18 heavy (non-hydrogen) atoms. The number of aromatic hydroxyl groups is 1. The Bertz CT molecular complexity index is 408. The van der Waals surface area contributed by atoms with Crippen LogP contribution in [0.1, 0.15) is 43.7 Å². The van der Waals surface area contributed by atoms with Crippen LogP contribution in [-0.4, -0.2) is 5.11 Å². The van der Waals surface area contributed by atoms with E-state index >= 15 is 0 Å². The number of nitrogens with two attached hydrogens (primary N) is 2. The average Bonchev–Trinajstić information content (AvgIpc) is 2.36.